The first-order valence-corrected chi connectivity index (χ1v) is 6.21. The number of nitrogens with zero attached hydrogens (tertiary/aromatic N) is 2. The van der Waals surface area contributed by atoms with Crippen molar-refractivity contribution >= 4 is 15.9 Å². The van der Waals surface area contributed by atoms with E-state index in [-0.39, 0.29) is 0 Å². The van der Waals surface area contributed by atoms with Crippen LogP contribution in [0.15, 0.2) is 5.10 Å². The summed E-state index contributed by atoms with van der Waals surface area (Å²) in [5, 5.41) is 3.77. The van der Waals surface area contributed by atoms with Crippen molar-refractivity contribution in [1.82, 2.24) is 9.14 Å². The number of nitrogens with one attached hydrogen (secondary N) is 1. The molecule has 0 fully saturated rings. The Hall–Kier alpha value is -0.620. The zero-order chi connectivity index (χ0) is 11.2. The Bertz CT molecular complexity index is 281. The standard InChI is InChI=1S/C8H19N3O2S/c1-5-8(4)9-10-14(12,13)11(6-2)7-3/h10H,5-7H2,1-4H3/b9-8+. The van der Waals surface area contributed by atoms with Gasteiger partial charge < -0.3 is 0 Å². The summed E-state index contributed by atoms with van der Waals surface area (Å²) in [6.07, 6.45) is 0.737. The Kier molecular flexibility index (Phi) is 5.71. The van der Waals surface area contributed by atoms with Gasteiger partial charge in [0.1, 0.15) is 0 Å². The summed E-state index contributed by atoms with van der Waals surface area (Å²) in [6, 6.07) is 0. The van der Waals surface area contributed by atoms with Crippen LogP contribution in [-0.2, 0) is 10.2 Å². The van der Waals surface area contributed by atoms with Gasteiger partial charge in [-0.25, -0.2) is 0 Å². The molecule has 0 aromatic rings. The molecule has 84 valence electrons. The van der Waals surface area contributed by atoms with Crippen LogP contribution >= 0.6 is 0 Å². The third-order valence-electron chi connectivity index (χ3n) is 1.91. The smallest absolute Gasteiger partial charge is 0.191 e. The zero-order valence-corrected chi connectivity index (χ0v) is 10.1. The lowest BCUT2D eigenvalue weighted by molar-refractivity contribution is 0.436. The zero-order valence-electron chi connectivity index (χ0n) is 9.24. The predicted octanol–water partition coefficient (Wildman–Crippen LogP) is 0.949. The molecule has 0 saturated carbocycles. The summed E-state index contributed by atoms with van der Waals surface area (Å²) in [7, 11) is -3.43. The third-order valence-corrected chi connectivity index (χ3v) is 3.43. The molecule has 0 rings (SSSR count). The molecule has 0 amide bonds. The largest absolute Gasteiger partial charge is 0.316 e. The van der Waals surface area contributed by atoms with Gasteiger partial charge in [-0.2, -0.15) is 22.7 Å². The van der Waals surface area contributed by atoms with E-state index in [2.05, 4.69) is 9.93 Å². The van der Waals surface area contributed by atoms with Crippen molar-refractivity contribution < 1.29 is 8.42 Å². The van der Waals surface area contributed by atoms with E-state index in [4.69, 9.17) is 0 Å². The molecular formula is C8H19N3O2S. The number of hydrazone groups is 1. The predicted molar refractivity (Wildman–Crippen MR) is 58.4 cm³/mol. The van der Waals surface area contributed by atoms with Crippen LogP contribution in [0.5, 0.6) is 0 Å². The molecule has 14 heavy (non-hydrogen) atoms. The highest BCUT2D eigenvalue weighted by molar-refractivity contribution is 7.87. The van der Waals surface area contributed by atoms with Gasteiger partial charge in [-0.1, -0.05) is 20.8 Å². The Labute approximate surface area is 86.4 Å². The molecule has 0 unspecified atom stereocenters. The molecule has 0 saturated heterocycles. The highest BCUT2D eigenvalue weighted by Gasteiger charge is 2.16. The first kappa shape index (κ1) is 13.4. The summed E-state index contributed by atoms with van der Waals surface area (Å²) >= 11 is 0. The van der Waals surface area contributed by atoms with Crippen molar-refractivity contribution in [2.75, 3.05) is 13.1 Å². The lowest BCUT2D eigenvalue weighted by Crippen LogP contribution is -2.38. The molecule has 5 nitrogen and oxygen atoms in total. The average molecular weight is 221 g/mol. The first-order chi connectivity index (χ1) is 6.47. The molecule has 0 aliphatic rings. The van der Waals surface area contributed by atoms with Crippen LogP contribution in [0.2, 0.25) is 0 Å². The molecule has 0 atom stereocenters. The van der Waals surface area contributed by atoms with Gasteiger partial charge in [0.25, 0.3) is 0 Å². The number of hydrogen-bond acceptors (Lipinski definition) is 3. The van der Waals surface area contributed by atoms with Crippen molar-refractivity contribution in [2.45, 2.75) is 34.1 Å². The monoisotopic (exact) mass is 221 g/mol. The average Bonchev–Trinajstić information content (AvgIpc) is 2.15. The van der Waals surface area contributed by atoms with Crippen molar-refractivity contribution in [2.24, 2.45) is 5.10 Å². The Morgan fingerprint density at radius 1 is 1.29 bits per heavy atom. The highest BCUT2D eigenvalue weighted by atomic mass is 32.2. The first-order valence-electron chi connectivity index (χ1n) is 4.77. The second-order valence-corrected chi connectivity index (χ2v) is 4.53. The van der Waals surface area contributed by atoms with Crippen LogP contribution in [0.3, 0.4) is 0 Å². The lowest BCUT2D eigenvalue weighted by atomic mass is 10.3. The molecule has 0 aromatic carbocycles. The molecule has 0 aliphatic heterocycles. The second kappa shape index (κ2) is 5.98. The van der Waals surface area contributed by atoms with E-state index in [1.165, 1.54) is 4.31 Å². The van der Waals surface area contributed by atoms with E-state index < -0.39 is 10.2 Å². The topological polar surface area (TPSA) is 61.8 Å². The van der Waals surface area contributed by atoms with Crippen LogP contribution in [0.25, 0.3) is 0 Å². The summed E-state index contributed by atoms with van der Waals surface area (Å²) in [4.78, 5) is 2.20. The molecule has 0 bridgehead atoms. The fraction of sp³-hybridized carbons (Fsp3) is 0.875. The van der Waals surface area contributed by atoms with E-state index in [0.29, 0.717) is 13.1 Å². The third kappa shape index (κ3) is 4.06. The van der Waals surface area contributed by atoms with Crippen LogP contribution in [0.4, 0.5) is 0 Å². The van der Waals surface area contributed by atoms with Crippen LogP contribution in [0.1, 0.15) is 34.1 Å². The molecule has 0 aromatic heterocycles. The van der Waals surface area contributed by atoms with Crippen LogP contribution < -0.4 is 4.83 Å². The van der Waals surface area contributed by atoms with E-state index >= 15 is 0 Å². The van der Waals surface area contributed by atoms with Gasteiger partial charge in [-0.3, -0.25) is 0 Å². The van der Waals surface area contributed by atoms with Crippen molar-refractivity contribution in [3.05, 3.63) is 0 Å². The summed E-state index contributed by atoms with van der Waals surface area (Å²) in [6.45, 7) is 8.19. The second-order valence-electron chi connectivity index (χ2n) is 2.88. The summed E-state index contributed by atoms with van der Waals surface area (Å²) in [5.41, 5.74) is 0.765. The van der Waals surface area contributed by atoms with E-state index in [1.807, 2.05) is 6.92 Å². The molecule has 0 heterocycles. The summed E-state index contributed by atoms with van der Waals surface area (Å²) in [5.74, 6) is 0. The molecule has 6 heteroatoms. The van der Waals surface area contributed by atoms with Gasteiger partial charge in [-0.05, 0) is 13.3 Å². The fourth-order valence-corrected chi connectivity index (χ4v) is 1.90. The minimum absolute atomic E-state index is 0.451. The van der Waals surface area contributed by atoms with Gasteiger partial charge >= 0.3 is 10.2 Å². The molecular weight excluding hydrogens is 202 g/mol. The van der Waals surface area contributed by atoms with Crippen LogP contribution in [0, 0.1) is 0 Å². The molecule has 0 radical (unpaired) electrons. The lowest BCUT2D eigenvalue weighted by Gasteiger charge is -2.17. The van der Waals surface area contributed by atoms with Crippen molar-refractivity contribution in [3.63, 3.8) is 0 Å². The maximum atomic E-state index is 11.5. The maximum absolute atomic E-state index is 11.5. The molecule has 0 aliphatic carbocycles. The SMILES string of the molecule is CC/C(C)=N/NS(=O)(=O)N(CC)CC. The molecule has 0 spiro atoms. The van der Waals surface area contributed by atoms with Crippen LogP contribution in [-0.4, -0.2) is 31.5 Å². The highest BCUT2D eigenvalue weighted by Crippen LogP contribution is 1.96. The quantitative estimate of drug-likeness (QED) is 0.536. The number of hydrogen-bond donors (Lipinski definition) is 1. The van der Waals surface area contributed by atoms with E-state index in [9.17, 15) is 8.42 Å². The van der Waals surface area contributed by atoms with Gasteiger partial charge in [0.05, 0.1) is 0 Å². The summed E-state index contributed by atoms with van der Waals surface area (Å²) < 4.78 is 24.4. The minimum atomic E-state index is -3.43. The van der Waals surface area contributed by atoms with Crippen molar-refractivity contribution in [1.29, 1.82) is 0 Å². The molecule has 1 N–H and O–H groups in total. The fourth-order valence-electron chi connectivity index (χ4n) is 0.836. The Morgan fingerprint density at radius 3 is 2.14 bits per heavy atom. The van der Waals surface area contributed by atoms with Gasteiger partial charge in [0.15, 0.2) is 0 Å². The number of rotatable bonds is 6. The maximum Gasteiger partial charge on any atom is 0.316 e. The van der Waals surface area contributed by atoms with E-state index in [0.717, 1.165) is 12.1 Å². The minimum Gasteiger partial charge on any atom is -0.191 e. The van der Waals surface area contributed by atoms with Gasteiger partial charge in [0.2, 0.25) is 0 Å². The van der Waals surface area contributed by atoms with Gasteiger partial charge in [0, 0.05) is 18.8 Å². The normalized spacial score (nSPS) is 13.4. The Morgan fingerprint density at radius 2 is 1.79 bits per heavy atom. The van der Waals surface area contributed by atoms with Gasteiger partial charge in [-0.15, -0.1) is 0 Å². The Balaban J connectivity index is 4.49. The van der Waals surface area contributed by atoms with E-state index in [1.54, 1.807) is 20.8 Å². The van der Waals surface area contributed by atoms with Crippen molar-refractivity contribution in [3.8, 4) is 0 Å².